The molecule has 0 aliphatic carbocycles. The average Bonchev–Trinajstić information content (AvgIpc) is 3.13. The maximum absolute atomic E-state index is 12.0. The molecule has 2 aromatic rings. The molecule has 2 amide bonds. The second-order valence-electron chi connectivity index (χ2n) is 4.53. The molecule has 1 N–H and O–H groups in total. The Bertz CT molecular complexity index is 719. The Kier molecular flexibility index (Phi) is 5.91. The normalized spacial score (nSPS) is 9.92. The summed E-state index contributed by atoms with van der Waals surface area (Å²) < 4.78 is 15.0. The number of carbonyl (C=O) groups is 3. The molecule has 0 atom stereocenters. The third kappa shape index (κ3) is 4.56. The second-order valence-corrected chi connectivity index (χ2v) is 5.48. The van der Waals surface area contributed by atoms with E-state index in [1.807, 2.05) is 0 Å². The molecule has 0 spiro atoms. The summed E-state index contributed by atoms with van der Waals surface area (Å²) in [7, 11) is 2.90. The van der Waals surface area contributed by atoms with Gasteiger partial charge in [-0.25, -0.2) is 4.79 Å². The van der Waals surface area contributed by atoms with Crippen LogP contribution in [0.5, 0.6) is 11.5 Å². The van der Waals surface area contributed by atoms with Gasteiger partial charge in [0.05, 0.1) is 24.7 Å². The van der Waals surface area contributed by atoms with Gasteiger partial charge in [-0.3, -0.25) is 14.9 Å². The van der Waals surface area contributed by atoms with Crippen LogP contribution in [0.2, 0.25) is 0 Å². The molecule has 1 aromatic heterocycles. The lowest BCUT2D eigenvalue weighted by molar-refractivity contribution is -0.123. The molecule has 8 heteroatoms. The van der Waals surface area contributed by atoms with E-state index in [1.54, 1.807) is 23.6 Å². The molecule has 1 heterocycles. The minimum absolute atomic E-state index is 0.170. The summed E-state index contributed by atoms with van der Waals surface area (Å²) in [5, 5.41) is 3.86. The van der Waals surface area contributed by atoms with Crippen molar-refractivity contribution in [3.63, 3.8) is 0 Å². The monoisotopic (exact) mass is 349 g/mol. The van der Waals surface area contributed by atoms with Crippen LogP contribution in [0.15, 0.2) is 35.7 Å². The predicted molar refractivity (Wildman–Crippen MR) is 86.6 cm³/mol. The number of carbonyl (C=O) groups excluding carboxylic acids is 3. The number of rotatable bonds is 6. The summed E-state index contributed by atoms with van der Waals surface area (Å²) in [6, 6.07) is 7.80. The minimum Gasteiger partial charge on any atom is -0.497 e. The number of amides is 2. The van der Waals surface area contributed by atoms with Gasteiger partial charge in [-0.2, -0.15) is 0 Å². The standard InChI is InChI=1S/C16H15NO6S/c1-21-11-6-10(7-12(8-11)22-2)16(20)23-9-14(18)17-15(19)13-4-3-5-24-13/h3-8H,9H2,1-2H3,(H,17,18,19). The van der Waals surface area contributed by atoms with Crippen molar-refractivity contribution in [3.8, 4) is 11.5 Å². The number of thiophene rings is 1. The highest BCUT2D eigenvalue weighted by molar-refractivity contribution is 7.12. The van der Waals surface area contributed by atoms with Crippen LogP contribution in [0.3, 0.4) is 0 Å². The molecular formula is C16H15NO6S. The Morgan fingerprint density at radius 3 is 2.29 bits per heavy atom. The predicted octanol–water partition coefficient (Wildman–Crippen LogP) is 1.88. The van der Waals surface area contributed by atoms with Gasteiger partial charge in [-0.05, 0) is 23.6 Å². The fourth-order valence-electron chi connectivity index (χ4n) is 1.77. The van der Waals surface area contributed by atoms with Crippen molar-refractivity contribution in [1.29, 1.82) is 0 Å². The number of esters is 1. The topological polar surface area (TPSA) is 90.9 Å². The summed E-state index contributed by atoms with van der Waals surface area (Å²) in [5.74, 6) is -1.14. The number of methoxy groups -OCH3 is 2. The van der Waals surface area contributed by atoms with Gasteiger partial charge < -0.3 is 14.2 Å². The highest BCUT2D eigenvalue weighted by atomic mass is 32.1. The Balaban J connectivity index is 1.93. The molecule has 7 nitrogen and oxygen atoms in total. The summed E-state index contributed by atoms with van der Waals surface area (Å²) in [6.07, 6.45) is 0. The highest BCUT2D eigenvalue weighted by Gasteiger charge is 2.15. The van der Waals surface area contributed by atoms with Crippen molar-refractivity contribution < 1.29 is 28.6 Å². The zero-order valence-electron chi connectivity index (χ0n) is 13.0. The quantitative estimate of drug-likeness (QED) is 0.801. The van der Waals surface area contributed by atoms with E-state index in [0.717, 1.165) is 0 Å². The minimum atomic E-state index is -0.731. The number of benzene rings is 1. The van der Waals surface area contributed by atoms with Crippen molar-refractivity contribution >= 4 is 29.1 Å². The van der Waals surface area contributed by atoms with Gasteiger partial charge in [0.1, 0.15) is 11.5 Å². The molecule has 0 unspecified atom stereocenters. The lowest BCUT2D eigenvalue weighted by Crippen LogP contribution is -2.33. The molecule has 0 saturated carbocycles. The lowest BCUT2D eigenvalue weighted by Gasteiger charge is -2.08. The Labute approximate surface area is 142 Å². The average molecular weight is 349 g/mol. The van der Waals surface area contributed by atoms with E-state index in [9.17, 15) is 14.4 Å². The molecular weight excluding hydrogens is 334 g/mol. The summed E-state index contributed by atoms with van der Waals surface area (Å²) >= 11 is 1.20. The molecule has 2 rings (SSSR count). The van der Waals surface area contributed by atoms with Gasteiger partial charge in [0, 0.05) is 6.07 Å². The molecule has 126 valence electrons. The molecule has 0 radical (unpaired) electrons. The SMILES string of the molecule is COc1cc(OC)cc(C(=O)OCC(=O)NC(=O)c2cccs2)c1. The first kappa shape index (κ1) is 17.5. The van der Waals surface area contributed by atoms with Gasteiger partial charge >= 0.3 is 5.97 Å². The van der Waals surface area contributed by atoms with Crippen LogP contribution >= 0.6 is 11.3 Å². The third-order valence-corrected chi connectivity index (χ3v) is 3.79. The van der Waals surface area contributed by atoms with Gasteiger partial charge in [0.15, 0.2) is 6.61 Å². The molecule has 0 bridgehead atoms. The van der Waals surface area contributed by atoms with E-state index in [-0.39, 0.29) is 5.56 Å². The van der Waals surface area contributed by atoms with Gasteiger partial charge in [-0.15, -0.1) is 11.3 Å². The maximum Gasteiger partial charge on any atom is 0.338 e. The highest BCUT2D eigenvalue weighted by Crippen LogP contribution is 2.22. The third-order valence-electron chi connectivity index (χ3n) is 2.92. The molecule has 0 aliphatic heterocycles. The van der Waals surface area contributed by atoms with E-state index in [4.69, 9.17) is 14.2 Å². The van der Waals surface area contributed by atoms with Crippen LogP contribution in [0.1, 0.15) is 20.0 Å². The fourth-order valence-corrected chi connectivity index (χ4v) is 2.39. The molecule has 0 fully saturated rings. The Morgan fingerprint density at radius 1 is 1.08 bits per heavy atom. The number of hydrogen-bond donors (Lipinski definition) is 1. The van der Waals surface area contributed by atoms with Crippen LogP contribution < -0.4 is 14.8 Å². The first-order chi connectivity index (χ1) is 11.5. The van der Waals surface area contributed by atoms with Gasteiger partial charge in [0.25, 0.3) is 11.8 Å². The van der Waals surface area contributed by atoms with E-state index in [1.165, 1.54) is 37.7 Å². The van der Waals surface area contributed by atoms with Gasteiger partial charge in [0.2, 0.25) is 0 Å². The summed E-state index contributed by atoms with van der Waals surface area (Å²) in [4.78, 5) is 35.8. The molecule has 0 aliphatic rings. The van der Waals surface area contributed by atoms with Crippen molar-refractivity contribution in [3.05, 3.63) is 46.2 Å². The van der Waals surface area contributed by atoms with Crippen LogP contribution in [0.4, 0.5) is 0 Å². The van der Waals surface area contributed by atoms with E-state index >= 15 is 0 Å². The van der Waals surface area contributed by atoms with E-state index < -0.39 is 24.4 Å². The van der Waals surface area contributed by atoms with Gasteiger partial charge in [-0.1, -0.05) is 6.07 Å². The molecule has 1 aromatic carbocycles. The lowest BCUT2D eigenvalue weighted by atomic mass is 10.2. The number of nitrogens with one attached hydrogen (secondary N) is 1. The van der Waals surface area contributed by atoms with Crippen molar-refractivity contribution in [2.24, 2.45) is 0 Å². The van der Waals surface area contributed by atoms with Crippen molar-refractivity contribution in [1.82, 2.24) is 5.32 Å². The maximum atomic E-state index is 12.0. The van der Waals surface area contributed by atoms with Crippen LogP contribution in [0.25, 0.3) is 0 Å². The summed E-state index contributed by atoms with van der Waals surface area (Å²) in [6.45, 7) is -0.574. The second kappa shape index (κ2) is 8.11. The number of hydrogen-bond acceptors (Lipinski definition) is 7. The first-order valence-corrected chi connectivity index (χ1v) is 7.69. The van der Waals surface area contributed by atoms with Crippen LogP contribution in [0, 0.1) is 0 Å². The number of ether oxygens (including phenoxy) is 3. The van der Waals surface area contributed by atoms with Crippen LogP contribution in [-0.2, 0) is 9.53 Å². The summed E-state index contributed by atoms with van der Waals surface area (Å²) in [5.41, 5.74) is 0.170. The van der Waals surface area contributed by atoms with Crippen molar-refractivity contribution in [2.45, 2.75) is 0 Å². The Hall–Kier alpha value is -2.87. The first-order valence-electron chi connectivity index (χ1n) is 6.81. The molecule has 24 heavy (non-hydrogen) atoms. The van der Waals surface area contributed by atoms with E-state index in [0.29, 0.717) is 16.4 Å². The van der Waals surface area contributed by atoms with Crippen LogP contribution in [-0.4, -0.2) is 38.6 Å². The zero-order chi connectivity index (χ0) is 17.5. The fraction of sp³-hybridized carbons (Fsp3) is 0.188. The smallest absolute Gasteiger partial charge is 0.338 e. The van der Waals surface area contributed by atoms with Crippen molar-refractivity contribution in [2.75, 3.05) is 20.8 Å². The molecule has 0 saturated heterocycles. The Morgan fingerprint density at radius 2 is 1.75 bits per heavy atom. The largest absolute Gasteiger partial charge is 0.497 e. The van der Waals surface area contributed by atoms with E-state index in [2.05, 4.69) is 5.32 Å². The zero-order valence-corrected chi connectivity index (χ0v) is 13.8. The number of imide groups is 1.